The number of anilines is 3. The molecule has 0 atom stereocenters. The summed E-state index contributed by atoms with van der Waals surface area (Å²) in [6, 6.07) is 37.9. The molecule has 0 aromatic heterocycles. The molecule has 4 aromatic rings. The van der Waals surface area contributed by atoms with Crippen molar-refractivity contribution >= 4 is 35.4 Å². The molecule has 0 spiro atoms. The Labute approximate surface area is 190 Å². The maximum Gasteiger partial charge on any atom is 0.0542 e. The topological polar surface area (TPSA) is 18.8 Å². The predicted octanol–water partition coefficient (Wildman–Crippen LogP) is 7.22. The zero-order chi connectivity index (χ0) is 22.2. The SMILES string of the molecule is CN(C)/N=C/c1ccc(/C=C/c2ccc(N(c3ccccc3)c3ccccc3)cc2)cc1. The van der Waals surface area contributed by atoms with Gasteiger partial charge in [0.05, 0.1) is 6.21 Å². The van der Waals surface area contributed by atoms with Gasteiger partial charge in [0.2, 0.25) is 0 Å². The van der Waals surface area contributed by atoms with Crippen molar-refractivity contribution in [3.05, 3.63) is 126 Å². The van der Waals surface area contributed by atoms with Crippen LogP contribution in [-0.2, 0) is 0 Å². The Bertz CT molecular complexity index is 1120. The maximum absolute atomic E-state index is 4.27. The van der Waals surface area contributed by atoms with Crippen LogP contribution in [0.4, 0.5) is 17.1 Å². The first-order valence-corrected chi connectivity index (χ1v) is 10.7. The molecule has 32 heavy (non-hydrogen) atoms. The van der Waals surface area contributed by atoms with Crippen LogP contribution < -0.4 is 4.90 Å². The van der Waals surface area contributed by atoms with E-state index in [9.17, 15) is 0 Å². The van der Waals surface area contributed by atoms with Gasteiger partial charge in [0.15, 0.2) is 0 Å². The maximum atomic E-state index is 4.27. The summed E-state index contributed by atoms with van der Waals surface area (Å²) in [7, 11) is 3.83. The third kappa shape index (κ3) is 5.52. The number of hydrogen-bond acceptors (Lipinski definition) is 3. The first-order valence-electron chi connectivity index (χ1n) is 10.7. The van der Waals surface area contributed by atoms with Crippen LogP contribution in [0.15, 0.2) is 114 Å². The lowest BCUT2D eigenvalue weighted by Gasteiger charge is -2.25. The molecule has 3 nitrogen and oxygen atoms in total. The summed E-state index contributed by atoms with van der Waals surface area (Å²) in [6.07, 6.45) is 6.13. The van der Waals surface area contributed by atoms with Crippen molar-refractivity contribution in [2.45, 2.75) is 0 Å². The highest BCUT2D eigenvalue weighted by Crippen LogP contribution is 2.34. The van der Waals surface area contributed by atoms with Crippen molar-refractivity contribution in [1.82, 2.24) is 5.01 Å². The normalized spacial score (nSPS) is 11.2. The van der Waals surface area contributed by atoms with Crippen LogP contribution >= 0.6 is 0 Å². The van der Waals surface area contributed by atoms with E-state index in [0.29, 0.717) is 0 Å². The van der Waals surface area contributed by atoms with Crippen molar-refractivity contribution < 1.29 is 0 Å². The van der Waals surface area contributed by atoms with Crippen molar-refractivity contribution in [3.8, 4) is 0 Å². The molecular formula is C29H27N3. The highest BCUT2D eigenvalue weighted by Gasteiger charge is 2.11. The van der Waals surface area contributed by atoms with Gasteiger partial charge in [-0.1, -0.05) is 84.9 Å². The first-order chi connectivity index (χ1) is 15.7. The molecule has 0 saturated carbocycles. The van der Waals surface area contributed by atoms with Gasteiger partial charge >= 0.3 is 0 Å². The Kier molecular flexibility index (Phi) is 6.78. The average molecular weight is 418 g/mol. The molecular weight excluding hydrogens is 390 g/mol. The smallest absolute Gasteiger partial charge is 0.0542 e. The molecule has 0 unspecified atom stereocenters. The molecule has 0 bridgehead atoms. The highest BCUT2D eigenvalue weighted by atomic mass is 15.4. The number of para-hydroxylation sites is 2. The lowest BCUT2D eigenvalue weighted by molar-refractivity contribution is 0.440. The van der Waals surface area contributed by atoms with Crippen molar-refractivity contribution in [1.29, 1.82) is 0 Å². The van der Waals surface area contributed by atoms with Gasteiger partial charge in [-0.2, -0.15) is 5.10 Å². The molecule has 3 heteroatoms. The Hall–Kier alpha value is -4.11. The van der Waals surface area contributed by atoms with Gasteiger partial charge in [0.25, 0.3) is 0 Å². The fourth-order valence-electron chi connectivity index (χ4n) is 3.40. The Balaban J connectivity index is 1.53. The quantitative estimate of drug-likeness (QED) is 0.179. The molecule has 0 amide bonds. The number of hydrogen-bond donors (Lipinski definition) is 0. The summed E-state index contributed by atoms with van der Waals surface area (Å²) in [4.78, 5) is 2.27. The molecule has 0 N–H and O–H groups in total. The second kappa shape index (κ2) is 10.3. The van der Waals surface area contributed by atoms with Crippen LogP contribution in [0, 0.1) is 0 Å². The Morgan fingerprint density at radius 2 is 0.906 bits per heavy atom. The van der Waals surface area contributed by atoms with Crippen molar-refractivity contribution in [2.24, 2.45) is 5.10 Å². The standard InChI is InChI=1S/C29H27N3/c1-31(2)30-23-26-17-15-24(16-18-26)13-14-25-19-21-29(22-20-25)32(27-9-5-3-6-10-27)28-11-7-4-8-12-28/h3-23H,1-2H3/b14-13+,30-23+. The fourth-order valence-corrected chi connectivity index (χ4v) is 3.40. The van der Waals surface area contributed by atoms with Gasteiger partial charge in [-0.3, -0.25) is 0 Å². The van der Waals surface area contributed by atoms with E-state index in [-0.39, 0.29) is 0 Å². The van der Waals surface area contributed by atoms with E-state index in [1.165, 1.54) is 0 Å². The van der Waals surface area contributed by atoms with E-state index < -0.39 is 0 Å². The predicted molar refractivity (Wildman–Crippen MR) is 138 cm³/mol. The van der Waals surface area contributed by atoms with Crippen LogP contribution in [0.25, 0.3) is 12.2 Å². The van der Waals surface area contributed by atoms with E-state index >= 15 is 0 Å². The zero-order valence-electron chi connectivity index (χ0n) is 18.5. The van der Waals surface area contributed by atoms with E-state index in [1.807, 2.05) is 32.4 Å². The zero-order valence-corrected chi connectivity index (χ0v) is 18.5. The van der Waals surface area contributed by atoms with Crippen LogP contribution in [0.5, 0.6) is 0 Å². The number of nitrogens with zero attached hydrogens (tertiary/aromatic N) is 3. The van der Waals surface area contributed by atoms with Gasteiger partial charge in [-0.25, -0.2) is 0 Å². The lowest BCUT2D eigenvalue weighted by atomic mass is 10.1. The monoisotopic (exact) mass is 417 g/mol. The molecule has 0 aliphatic carbocycles. The molecule has 0 heterocycles. The largest absolute Gasteiger partial charge is 0.311 e. The number of hydrazone groups is 1. The molecule has 4 aromatic carbocycles. The Morgan fingerprint density at radius 1 is 0.500 bits per heavy atom. The minimum Gasteiger partial charge on any atom is -0.311 e. The first kappa shape index (κ1) is 21.1. The Morgan fingerprint density at radius 3 is 1.38 bits per heavy atom. The number of benzene rings is 4. The van der Waals surface area contributed by atoms with Crippen LogP contribution in [0.1, 0.15) is 16.7 Å². The van der Waals surface area contributed by atoms with Crippen LogP contribution in [-0.4, -0.2) is 25.3 Å². The summed E-state index contributed by atoms with van der Waals surface area (Å²) >= 11 is 0. The van der Waals surface area contributed by atoms with Gasteiger partial charge in [-0.05, 0) is 53.1 Å². The van der Waals surface area contributed by atoms with E-state index in [0.717, 1.165) is 33.8 Å². The van der Waals surface area contributed by atoms with E-state index in [2.05, 4.69) is 119 Å². The lowest BCUT2D eigenvalue weighted by Crippen LogP contribution is -2.09. The van der Waals surface area contributed by atoms with Crippen LogP contribution in [0.3, 0.4) is 0 Å². The third-order valence-corrected chi connectivity index (χ3v) is 5.02. The highest BCUT2D eigenvalue weighted by molar-refractivity contribution is 5.81. The van der Waals surface area contributed by atoms with Crippen LogP contribution in [0.2, 0.25) is 0 Å². The van der Waals surface area contributed by atoms with Crippen molar-refractivity contribution in [3.63, 3.8) is 0 Å². The average Bonchev–Trinajstić information content (AvgIpc) is 2.84. The van der Waals surface area contributed by atoms with Gasteiger partial charge < -0.3 is 9.91 Å². The second-order valence-electron chi connectivity index (χ2n) is 7.69. The summed E-state index contributed by atoms with van der Waals surface area (Å²) in [6.45, 7) is 0. The third-order valence-electron chi connectivity index (χ3n) is 5.02. The minimum absolute atomic E-state index is 1.09. The summed E-state index contributed by atoms with van der Waals surface area (Å²) in [5.74, 6) is 0. The molecule has 158 valence electrons. The molecule has 4 rings (SSSR count). The molecule has 0 saturated heterocycles. The van der Waals surface area contributed by atoms with Gasteiger partial charge in [-0.15, -0.1) is 0 Å². The summed E-state index contributed by atoms with van der Waals surface area (Å²) in [5.41, 5.74) is 6.81. The fraction of sp³-hybridized carbons (Fsp3) is 0.0690. The minimum atomic E-state index is 1.09. The van der Waals surface area contributed by atoms with E-state index in [4.69, 9.17) is 0 Å². The molecule has 0 fully saturated rings. The molecule has 0 aliphatic rings. The van der Waals surface area contributed by atoms with Gasteiger partial charge in [0, 0.05) is 31.2 Å². The van der Waals surface area contributed by atoms with E-state index in [1.54, 1.807) is 5.01 Å². The van der Waals surface area contributed by atoms with Crippen molar-refractivity contribution in [2.75, 3.05) is 19.0 Å². The van der Waals surface area contributed by atoms with Gasteiger partial charge in [0.1, 0.15) is 0 Å². The molecule has 0 radical (unpaired) electrons. The number of rotatable bonds is 7. The summed E-state index contributed by atoms with van der Waals surface area (Å²) in [5, 5.41) is 6.06. The second-order valence-corrected chi connectivity index (χ2v) is 7.69. The molecule has 0 aliphatic heterocycles. The summed E-state index contributed by atoms with van der Waals surface area (Å²) < 4.78 is 0.